The van der Waals surface area contributed by atoms with Gasteiger partial charge in [0.05, 0.1) is 11.8 Å². The molecule has 0 aliphatic carbocycles. The topological polar surface area (TPSA) is 50.8 Å². The second kappa shape index (κ2) is 4.53. The zero-order valence-corrected chi connectivity index (χ0v) is 10.7. The van der Waals surface area contributed by atoms with Crippen LogP contribution in [-0.4, -0.2) is 9.78 Å². The number of ether oxygens (including phenoxy) is 1. The predicted molar refractivity (Wildman–Crippen MR) is 67.2 cm³/mol. The molecule has 0 fully saturated rings. The molecule has 0 atom stereocenters. The number of benzene rings is 1. The Kier molecular flexibility index (Phi) is 3.10. The van der Waals surface area contributed by atoms with Crippen molar-refractivity contribution in [3.8, 4) is 17.7 Å². The molecule has 1 heterocycles. The first kappa shape index (κ1) is 11.0. The molecule has 2 rings (SSSR count). The van der Waals surface area contributed by atoms with Crippen molar-refractivity contribution in [1.82, 2.24) is 9.78 Å². The van der Waals surface area contributed by atoms with E-state index in [2.05, 4.69) is 33.8 Å². The SMILES string of the molecule is Cn1nccc1Oc1ccc(I)cc1C#N. The average Bonchev–Trinajstić information content (AvgIpc) is 2.67. The van der Waals surface area contributed by atoms with Crippen molar-refractivity contribution in [2.24, 2.45) is 7.05 Å². The minimum Gasteiger partial charge on any atom is -0.438 e. The van der Waals surface area contributed by atoms with Gasteiger partial charge in [0.15, 0.2) is 0 Å². The summed E-state index contributed by atoms with van der Waals surface area (Å²) in [5.74, 6) is 1.16. The summed E-state index contributed by atoms with van der Waals surface area (Å²) in [6, 6.07) is 9.32. The lowest BCUT2D eigenvalue weighted by molar-refractivity contribution is 0.429. The van der Waals surface area contributed by atoms with E-state index in [1.165, 1.54) is 0 Å². The van der Waals surface area contributed by atoms with Gasteiger partial charge in [-0.05, 0) is 40.8 Å². The molecule has 1 aromatic carbocycles. The first-order valence-corrected chi connectivity index (χ1v) is 5.64. The van der Waals surface area contributed by atoms with Gasteiger partial charge in [-0.15, -0.1) is 0 Å². The molecule has 5 heteroatoms. The van der Waals surface area contributed by atoms with Crippen molar-refractivity contribution in [2.75, 3.05) is 0 Å². The molecular weight excluding hydrogens is 317 g/mol. The Labute approximate surface area is 107 Å². The molecule has 1 aromatic heterocycles. The van der Waals surface area contributed by atoms with Crippen molar-refractivity contribution in [3.05, 3.63) is 39.6 Å². The Hall–Kier alpha value is -1.55. The van der Waals surface area contributed by atoms with Crippen LogP contribution >= 0.6 is 22.6 Å². The molecule has 4 nitrogen and oxygen atoms in total. The van der Waals surface area contributed by atoms with Crippen LogP contribution in [0.15, 0.2) is 30.5 Å². The van der Waals surface area contributed by atoms with E-state index in [0.29, 0.717) is 17.2 Å². The van der Waals surface area contributed by atoms with E-state index >= 15 is 0 Å². The molecule has 0 spiro atoms. The van der Waals surface area contributed by atoms with E-state index in [0.717, 1.165) is 3.57 Å². The minimum absolute atomic E-state index is 0.521. The molecule has 0 radical (unpaired) electrons. The zero-order valence-electron chi connectivity index (χ0n) is 8.51. The summed E-state index contributed by atoms with van der Waals surface area (Å²) < 4.78 is 8.22. The summed E-state index contributed by atoms with van der Waals surface area (Å²) >= 11 is 2.16. The van der Waals surface area contributed by atoms with Crippen LogP contribution in [0.25, 0.3) is 0 Å². The Morgan fingerprint density at radius 2 is 2.25 bits per heavy atom. The number of hydrogen-bond donors (Lipinski definition) is 0. The molecule has 0 aliphatic rings. The van der Waals surface area contributed by atoms with Crippen LogP contribution in [0.5, 0.6) is 11.6 Å². The van der Waals surface area contributed by atoms with Crippen LogP contribution < -0.4 is 4.74 Å². The van der Waals surface area contributed by atoms with Crippen molar-refractivity contribution < 1.29 is 4.74 Å². The van der Waals surface area contributed by atoms with Crippen molar-refractivity contribution in [2.45, 2.75) is 0 Å². The van der Waals surface area contributed by atoms with Gasteiger partial charge in [0.25, 0.3) is 0 Å². The lowest BCUT2D eigenvalue weighted by Gasteiger charge is -2.07. The highest BCUT2D eigenvalue weighted by atomic mass is 127. The average molecular weight is 325 g/mol. The summed E-state index contributed by atoms with van der Waals surface area (Å²) in [6.45, 7) is 0. The van der Waals surface area contributed by atoms with Crippen LogP contribution in [0.1, 0.15) is 5.56 Å². The third kappa shape index (κ3) is 2.17. The molecular formula is C11H8IN3O. The second-order valence-electron chi connectivity index (χ2n) is 3.15. The van der Waals surface area contributed by atoms with Crippen LogP contribution in [0.3, 0.4) is 0 Å². The fourth-order valence-corrected chi connectivity index (χ4v) is 1.74. The van der Waals surface area contributed by atoms with Crippen molar-refractivity contribution in [3.63, 3.8) is 0 Å². The molecule has 2 aromatic rings. The monoisotopic (exact) mass is 325 g/mol. The maximum Gasteiger partial charge on any atom is 0.217 e. The number of hydrogen-bond acceptors (Lipinski definition) is 3. The first-order chi connectivity index (χ1) is 7.70. The number of halogens is 1. The van der Waals surface area contributed by atoms with Gasteiger partial charge in [0.1, 0.15) is 11.8 Å². The third-order valence-corrected chi connectivity index (χ3v) is 2.72. The van der Waals surface area contributed by atoms with Crippen LogP contribution in [0.4, 0.5) is 0 Å². The summed E-state index contributed by atoms with van der Waals surface area (Å²) in [6.07, 6.45) is 1.65. The summed E-state index contributed by atoms with van der Waals surface area (Å²) in [7, 11) is 1.79. The van der Waals surface area contributed by atoms with Crippen LogP contribution in [0, 0.1) is 14.9 Å². The van der Waals surface area contributed by atoms with E-state index in [1.54, 1.807) is 36.1 Å². The van der Waals surface area contributed by atoms with E-state index in [4.69, 9.17) is 10.00 Å². The molecule has 0 saturated heterocycles. The molecule has 0 N–H and O–H groups in total. The lowest BCUT2D eigenvalue weighted by Crippen LogP contribution is -1.96. The van der Waals surface area contributed by atoms with E-state index in [-0.39, 0.29) is 0 Å². The standard InChI is InChI=1S/C11H8IN3O/c1-15-11(4-5-14-15)16-10-3-2-9(12)6-8(10)7-13/h2-6H,1H3. The number of aryl methyl sites for hydroxylation is 1. The Balaban J connectivity index is 2.36. The molecule has 0 amide bonds. The predicted octanol–water partition coefficient (Wildman–Crippen LogP) is 2.69. The fraction of sp³-hybridized carbons (Fsp3) is 0.0909. The van der Waals surface area contributed by atoms with Crippen LogP contribution in [0.2, 0.25) is 0 Å². The number of nitriles is 1. The van der Waals surface area contributed by atoms with E-state index < -0.39 is 0 Å². The quantitative estimate of drug-likeness (QED) is 0.798. The van der Waals surface area contributed by atoms with Gasteiger partial charge in [-0.25, -0.2) is 4.68 Å². The highest BCUT2D eigenvalue weighted by molar-refractivity contribution is 14.1. The molecule has 80 valence electrons. The number of rotatable bonds is 2. The summed E-state index contributed by atoms with van der Waals surface area (Å²) in [4.78, 5) is 0. The van der Waals surface area contributed by atoms with Gasteiger partial charge in [-0.1, -0.05) is 0 Å². The normalized spacial score (nSPS) is 9.81. The molecule has 0 saturated carbocycles. The van der Waals surface area contributed by atoms with E-state index in [1.807, 2.05) is 6.07 Å². The maximum absolute atomic E-state index is 8.99. The van der Waals surface area contributed by atoms with E-state index in [9.17, 15) is 0 Å². The second-order valence-corrected chi connectivity index (χ2v) is 4.39. The zero-order chi connectivity index (χ0) is 11.5. The number of aromatic nitrogens is 2. The third-order valence-electron chi connectivity index (χ3n) is 2.05. The van der Waals surface area contributed by atoms with Crippen LogP contribution in [-0.2, 0) is 7.05 Å². The first-order valence-electron chi connectivity index (χ1n) is 4.56. The maximum atomic E-state index is 8.99. The van der Waals surface area contributed by atoms with Gasteiger partial charge in [-0.2, -0.15) is 10.4 Å². The fourth-order valence-electron chi connectivity index (χ4n) is 1.25. The highest BCUT2D eigenvalue weighted by Crippen LogP contribution is 2.25. The van der Waals surface area contributed by atoms with Gasteiger partial charge >= 0.3 is 0 Å². The van der Waals surface area contributed by atoms with Gasteiger partial charge in [0.2, 0.25) is 5.88 Å². The van der Waals surface area contributed by atoms with Gasteiger partial charge in [-0.3, -0.25) is 0 Å². The largest absolute Gasteiger partial charge is 0.438 e. The molecule has 16 heavy (non-hydrogen) atoms. The highest BCUT2D eigenvalue weighted by Gasteiger charge is 2.07. The molecule has 0 bridgehead atoms. The van der Waals surface area contributed by atoms with Gasteiger partial charge in [0, 0.05) is 16.7 Å². The number of nitrogens with zero attached hydrogens (tertiary/aromatic N) is 3. The van der Waals surface area contributed by atoms with Crippen molar-refractivity contribution in [1.29, 1.82) is 5.26 Å². The molecule has 0 aliphatic heterocycles. The summed E-state index contributed by atoms with van der Waals surface area (Å²) in [5, 5.41) is 13.0. The summed E-state index contributed by atoms with van der Waals surface area (Å²) in [5.41, 5.74) is 0.521. The Bertz CT molecular complexity index is 557. The van der Waals surface area contributed by atoms with Gasteiger partial charge < -0.3 is 4.74 Å². The minimum atomic E-state index is 0.521. The Morgan fingerprint density at radius 3 is 2.88 bits per heavy atom. The molecule has 0 unspecified atom stereocenters. The van der Waals surface area contributed by atoms with Crippen molar-refractivity contribution >= 4 is 22.6 Å². The lowest BCUT2D eigenvalue weighted by atomic mass is 10.2. The Morgan fingerprint density at radius 1 is 1.44 bits per heavy atom. The smallest absolute Gasteiger partial charge is 0.217 e.